The molecule has 1 aliphatic rings. The van der Waals surface area contributed by atoms with E-state index >= 15 is 0 Å². The minimum Gasteiger partial charge on any atom is -0.492 e. The van der Waals surface area contributed by atoms with Crippen LogP contribution in [0.25, 0.3) is 11.1 Å². The van der Waals surface area contributed by atoms with E-state index in [0.717, 1.165) is 16.0 Å². The van der Waals surface area contributed by atoms with Crippen molar-refractivity contribution in [2.45, 2.75) is 31.2 Å². The van der Waals surface area contributed by atoms with Crippen molar-refractivity contribution >= 4 is 29.1 Å². The Morgan fingerprint density at radius 3 is 2.49 bits per heavy atom. The molecule has 2 amide bonds. The topological polar surface area (TPSA) is 94.3 Å². The highest BCUT2D eigenvalue weighted by Crippen LogP contribution is 2.24. The van der Waals surface area contributed by atoms with E-state index in [9.17, 15) is 22.8 Å². The van der Waals surface area contributed by atoms with Gasteiger partial charge < -0.3 is 23.5 Å². The number of cyclic esters (lactones) is 1. The fourth-order valence-corrected chi connectivity index (χ4v) is 4.69. The van der Waals surface area contributed by atoms with Gasteiger partial charge in [-0.15, -0.1) is 0 Å². The van der Waals surface area contributed by atoms with E-state index in [2.05, 4.69) is 4.98 Å². The maximum absolute atomic E-state index is 13.4. The van der Waals surface area contributed by atoms with Crippen LogP contribution in [0.2, 0.25) is 0 Å². The zero-order valence-electron chi connectivity index (χ0n) is 23.3. The van der Waals surface area contributed by atoms with Gasteiger partial charge in [0, 0.05) is 13.5 Å². The largest absolute Gasteiger partial charge is 0.492 e. The third kappa shape index (κ3) is 7.83. The average molecular weight is 598 g/mol. The number of hydrogen-bond acceptors (Lipinski definition) is 8. The zero-order valence-corrected chi connectivity index (χ0v) is 23.3. The Morgan fingerprint density at radius 2 is 1.77 bits per heavy atom. The predicted molar refractivity (Wildman–Crippen MR) is 151 cm³/mol. The summed E-state index contributed by atoms with van der Waals surface area (Å²) in [4.78, 5) is 33.0. The second kappa shape index (κ2) is 13.2. The van der Waals surface area contributed by atoms with E-state index in [0.29, 0.717) is 42.5 Å². The van der Waals surface area contributed by atoms with Gasteiger partial charge in [-0.3, -0.25) is 4.79 Å². The highest BCUT2D eigenvalue weighted by Gasteiger charge is 2.42. The summed E-state index contributed by atoms with van der Waals surface area (Å²) in [7, 11) is 1.83. The minimum atomic E-state index is -4.66. The maximum atomic E-state index is 13.4. The first-order valence-corrected chi connectivity index (χ1v) is 13.7. The van der Waals surface area contributed by atoms with E-state index in [-0.39, 0.29) is 13.0 Å². The van der Waals surface area contributed by atoms with Crippen LogP contribution in [-0.2, 0) is 27.1 Å². The number of alkyl halides is 3. The lowest BCUT2D eigenvalue weighted by molar-refractivity contribution is -0.189. The summed E-state index contributed by atoms with van der Waals surface area (Å²) in [5.41, 5.74) is 2.83. The zero-order chi connectivity index (χ0) is 30.4. The number of para-hydroxylation sites is 2. The summed E-state index contributed by atoms with van der Waals surface area (Å²) in [5.74, 6) is -0.352. The molecule has 0 aliphatic carbocycles. The molecule has 226 valence electrons. The number of ether oxygens (including phenoxy) is 3. The molecular weight excluding hydrogens is 567 g/mol. The van der Waals surface area contributed by atoms with Crippen molar-refractivity contribution in [2.24, 2.45) is 0 Å². The van der Waals surface area contributed by atoms with Crippen LogP contribution in [0.3, 0.4) is 0 Å². The molecule has 0 N–H and O–H groups in total. The van der Waals surface area contributed by atoms with Gasteiger partial charge in [-0.25, -0.2) is 9.69 Å². The van der Waals surface area contributed by atoms with Crippen molar-refractivity contribution in [3.63, 3.8) is 0 Å². The number of oxazole rings is 1. The van der Waals surface area contributed by atoms with Crippen molar-refractivity contribution < 1.29 is 41.4 Å². The average Bonchev–Trinajstić information content (AvgIpc) is 3.59. The number of rotatable bonds is 12. The molecule has 1 aromatic heterocycles. The Kier molecular flexibility index (Phi) is 9.15. The molecule has 2 atom stereocenters. The summed E-state index contributed by atoms with van der Waals surface area (Å²) in [6.45, 7) is -0.902. The Hall–Kier alpha value is -4.58. The van der Waals surface area contributed by atoms with Gasteiger partial charge in [0.1, 0.15) is 37.2 Å². The monoisotopic (exact) mass is 597 g/mol. The van der Waals surface area contributed by atoms with Crippen LogP contribution in [0.4, 0.5) is 24.0 Å². The van der Waals surface area contributed by atoms with Crippen LogP contribution >= 0.6 is 0 Å². The minimum absolute atomic E-state index is 0.0565. The first-order chi connectivity index (χ1) is 20.7. The van der Waals surface area contributed by atoms with E-state index < -0.39 is 36.9 Å². The predicted octanol–water partition coefficient (Wildman–Crippen LogP) is 5.42. The fourth-order valence-electron chi connectivity index (χ4n) is 4.69. The first kappa shape index (κ1) is 29.9. The number of anilines is 1. The van der Waals surface area contributed by atoms with Gasteiger partial charge in [0.2, 0.25) is 0 Å². The number of benzene rings is 3. The fraction of sp³-hybridized carbons (Fsp3) is 0.323. The van der Waals surface area contributed by atoms with Gasteiger partial charge in [0.05, 0.1) is 12.6 Å². The molecule has 43 heavy (non-hydrogen) atoms. The number of carbonyl (C=O) groups is 2. The second-order valence-corrected chi connectivity index (χ2v) is 10.1. The van der Waals surface area contributed by atoms with E-state index in [1.165, 1.54) is 0 Å². The smallest absolute Gasteiger partial charge is 0.417 e. The van der Waals surface area contributed by atoms with Gasteiger partial charge >= 0.3 is 12.3 Å². The molecule has 0 radical (unpaired) electrons. The Labute approximate surface area is 245 Å². The maximum Gasteiger partial charge on any atom is 0.417 e. The van der Waals surface area contributed by atoms with Crippen LogP contribution < -0.4 is 9.64 Å². The van der Waals surface area contributed by atoms with Crippen LogP contribution in [0, 0.1) is 0 Å². The highest BCUT2D eigenvalue weighted by atomic mass is 19.4. The Balaban J connectivity index is 1.20. The Bertz CT molecular complexity index is 1490. The summed E-state index contributed by atoms with van der Waals surface area (Å²) in [6.07, 6.45) is -6.99. The third-order valence-electron chi connectivity index (χ3n) is 6.89. The summed E-state index contributed by atoms with van der Waals surface area (Å²) in [5, 5.41) is 0. The molecule has 0 spiro atoms. The summed E-state index contributed by atoms with van der Waals surface area (Å²) >= 11 is 0. The number of nitrogens with zero attached hydrogens (tertiary/aromatic N) is 3. The lowest BCUT2D eigenvalue weighted by Gasteiger charge is -2.25. The third-order valence-corrected chi connectivity index (χ3v) is 6.89. The van der Waals surface area contributed by atoms with Gasteiger partial charge in [-0.05, 0) is 41.8 Å². The number of likely N-dealkylation sites (N-methyl/N-ethyl adjacent to an activating group) is 1. The van der Waals surface area contributed by atoms with Crippen molar-refractivity contribution in [3.05, 3.63) is 90.0 Å². The van der Waals surface area contributed by atoms with E-state index in [4.69, 9.17) is 18.6 Å². The molecule has 4 aromatic rings. The molecule has 2 heterocycles. The molecule has 9 nitrogen and oxygen atoms in total. The molecule has 0 saturated carbocycles. The van der Waals surface area contributed by atoms with E-state index in [1.54, 1.807) is 24.3 Å². The van der Waals surface area contributed by atoms with Crippen LogP contribution in [0.15, 0.2) is 83.3 Å². The number of aromatic nitrogens is 1. The molecule has 0 bridgehead atoms. The van der Waals surface area contributed by atoms with Crippen molar-refractivity contribution in [1.82, 2.24) is 9.88 Å². The molecule has 12 heteroatoms. The summed E-state index contributed by atoms with van der Waals surface area (Å²) in [6, 6.07) is 23.0. The van der Waals surface area contributed by atoms with Gasteiger partial charge in [-0.1, -0.05) is 54.6 Å². The molecule has 1 aliphatic heterocycles. The SMILES string of the molecule is CN(CCOc1ccc(C[C@H](OCC(F)(F)F)C(=O)N2C(=O)OCC2Cc2ccccc2)cc1)c1nc2ccccc2o1. The van der Waals surface area contributed by atoms with Gasteiger partial charge in [-0.2, -0.15) is 18.2 Å². The molecule has 1 saturated heterocycles. The highest BCUT2D eigenvalue weighted by molar-refractivity contribution is 5.96. The van der Waals surface area contributed by atoms with Crippen LogP contribution in [0.1, 0.15) is 11.1 Å². The number of halogens is 3. The number of hydrogen-bond donors (Lipinski definition) is 0. The molecule has 1 fully saturated rings. The standard InChI is InChI=1S/C31H30F3N3O6/c1-36(29-35-25-9-5-6-10-26(25)43-29)15-16-40-24-13-11-22(12-14-24)18-27(42-20-31(32,33)34)28(38)37-23(19-41-30(37)39)17-21-7-3-2-4-8-21/h2-14,23,27H,15-20H2,1H3/t23?,27-/m0/s1. The van der Waals surface area contributed by atoms with Crippen molar-refractivity contribution in [3.8, 4) is 5.75 Å². The van der Waals surface area contributed by atoms with Gasteiger partial charge in [0.25, 0.3) is 11.9 Å². The number of fused-ring (bicyclic) bond motifs is 1. The van der Waals surface area contributed by atoms with Crippen molar-refractivity contribution in [2.75, 3.05) is 38.3 Å². The quantitative estimate of drug-likeness (QED) is 0.214. The summed E-state index contributed by atoms with van der Waals surface area (Å²) < 4.78 is 60.8. The van der Waals surface area contributed by atoms with E-state index in [1.807, 2.05) is 66.5 Å². The lowest BCUT2D eigenvalue weighted by atomic mass is 10.0. The van der Waals surface area contributed by atoms with Crippen molar-refractivity contribution in [1.29, 1.82) is 0 Å². The second-order valence-electron chi connectivity index (χ2n) is 10.1. The van der Waals surface area contributed by atoms with Crippen LogP contribution in [-0.4, -0.2) is 73.6 Å². The number of carbonyl (C=O) groups excluding carboxylic acids is 2. The van der Waals surface area contributed by atoms with Crippen LogP contribution in [0.5, 0.6) is 5.75 Å². The number of imide groups is 1. The van der Waals surface area contributed by atoms with Gasteiger partial charge in [0.15, 0.2) is 5.58 Å². The molecule has 5 rings (SSSR count). The normalized spacial score (nSPS) is 15.9. The number of amides is 2. The molecular formula is C31H30F3N3O6. The lowest BCUT2D eigenvalue weighted by Crippen LogP contribution is -2.47. The first-order valence-electron chi connectivity index (χ1n) is 13.7. The Morgan fingerprint density at radius 1 is 1.05 bits per heavy atom. The molecule has 1 unspecified atom stereocenters. The molecule has 3 aromatic carbocycles.